The molecule has 0 heterocycles. The molecule has 6 heteroatoms. The molecule has 142 valence electrons. The van der Waals surface area contributed by atoms with Gasteiger partial charge in [0.1, 0.15) is 5.78 Å². The minimum absolute atomic E-state index is 0.0877. The van der Waals surface area contributed by atoms with Crippen molar-refractivity contribution in [2.24, 2.45) is 34.5 Å². The van der Waals surface area contributed by atoms with Crippen LogP contribution in [-0.4, -0.2) is 24.9 Å². The smallest absolute Gasteiger partial charge is 0.299 e. The van der Waals surface area contributed by atoms with E-state index in [0.717, 1.165) is 51.4 Å². The van der Waals surface area contributed by atoms with Gasteiger partial charge in [-0.15, -0.1) is 0 Å². The first-order chi connectivity index (χ1) is 11.6. The van der Waals surface area contributed by atoms with Gasteiger partial charge in [-0.3, -0.25) is 9.35 Å². The van der Waals surface area contributed by atoms with E-state index in [-0.39, 0.29) is 16.9 Å². The highest BCUT2D eigenvalue weighted by atomic mass is 32.3. The van der Waals surface area contributed by atoms with Crippen molar-refractivity contribution < 1.29 is 21.9 Å². The molecule has 4 rings (SSSR count). The molecular formula is C19H30O5S. The zero-order valence-corrected chi connectivity index (χ0v) is 16.1. The normalized spacial score (nSPS) is 50.0. The summed E-state index contributed by atoms with van der Waals surface area (Å²) in [7, 11) is -4.37. The Kier molecular flexibility index (Phi) is 4.14. The van der Waals surface area contributed by atoms with E-state index in [1.54, 1.807) is 0 Å². The molecule has 4 aliphatic carbocycles. The zero-order valence-electron chi connectivity index (χ0n) is 15.2. The average Bonchev–Trinajstić information content (AvgIpc) is 2.82. The molecule has 0 unspecified atom stereocenters. The molecule has 0 aliphatic heterocycles. The van der Waals surface area contributed by atoms with E-state index < -0.39 is 10.4 Å². The molecule has 5 nitrogen and oxygen atoms in total. The van der Waals surface area contributed by atoms with E-state index in [1.807, 2.05) is 0 Å². The number of carbonyl (C=O) groups is 1. The minimum atomic E-state index is -4.37. The van der Waals surface area contributed by atoms with E-state index in [2.05, 4.69) is 13.8 Å². The second-order valence-corrected chi connectivity index (χ2v) is 10.5. The lowest BCUT2D eigenvalue weighted by atomic mass is 9.45. The van der Waals surface area contributed by atoms with E-state index in [9.17, 15) is 13.2 Å². The number of hydrogen-bond acceptors (Lipinski definition) is 4. The van der Waals surface area contributed by atoms with E-state index >= 15 is 0 Å². The molecule has 4 saturated carbocycles. The average molecular weight is 371 g/mol. The molecule has 0 aromatic heterocycles. The molecule has 1 N–H and O–H groups in total. The molecule has 0 amide bonds. The lowest BCUT2D eigenvalue weighted by molar-refractivity contribution is -0.141. The maximum absolute atomic E-state index is 12.4. The first kappa shape index (κ1) is 17.9. The number of hydrogen-bond donors (Lipinski definition) is 1. The lowest BCUT2D eigenvalue weighted by Crippen LogP contribution is -2.54. The van der Waals surface area contributed by atoms with Gasteiger partial charge in [0.2, 0.25) is 0 Å². The van der Waals surface area contributed by atoms with Crippen LogP contribution in [0.1, 0.15) is 71.6 Å². The number of Topliss-reactive ketones (excluding diaryl/α,β-unsaturated/α-hetero) is 1. The summed E-state index contributed by atoms with van der Waals surface area (Å²) in [6.45, 7) is 4.59. The zero-order chi connectivity index (χ0) is 18.0. The van der Waals surface area contributed by atoms with Crippen molar-refractivity contribution in [1.29, 1.82) is 0 Å². The fourth-order valence-corrected chi connectivity index (χ4v) is 7.77. The Bertz CT molecular complexity index is 673. The maximum Gasteiger partial charge on any atom is 0.397 e. The fraction of sp³-hybridized carbons (Fsp3) is 0.947. The molecule has 0 spiro atoms. The van der Waals surface area contributed by atoms with Gasteiger partial charge in [-0.05, 0) is 80.5 Å². The molecule has 0 aromatic carbocycles. The third-order valence-corrected chi connectivity index (χ3v) is 9.10. The van der Waals surface area contributed by atoms with Gasteiger partial charge in [-0.25, -0.2) is 4.18 Å². The Hall–Kier alpha value is -0.460. The van der Waals surface area contributed by atoms with Crippen LogP contribution in [0.5, 0.6) is 0 Å². The number of carbonyl (C=O) groups excluding carboxylic acids is 1. The van der Waals surface area contributed by atoms with Crippen LogP contribution < -0.4 is 0 Å². The monoisotopic (exact) mass is 370 g/mol. The Morgan fingerprint density at radius 1 is 1.04 bits per heavy atom. The molecule has 0 saturated heterocycles. The van der Waals surface area contributed by atoms with Crippen molar-refractivity contribution in [3.63, 3.8) is 0 Å². The van der Waals surface area contributed by atoms with Crippen LogP contribution in [0.4, 0.5) is 0 Å². The predicted octanol–water partition coefficient (Wildman–Crippen LogP) is 3.79. The van der Waals surface area contributed by atoms with E-state index in [4.69, 9.17) is 8.74 Å². The Labute approximate surface area is 150 Å². The van der Waals surface area contributed by atoms with Crippen LogP contribution in [0.2, 0.25) is 0 Å². The van der Waals surface area contributed by atoms with Crippen molar-refractivity contribution in [3.8, 4) is 0 Å². The van der Waals surface area contributed by atoms with Crippen LogP contribution in [0, 0.1) is 34.5 Å². The Balaban J connectivity index is 1.54. The van der Waals surface area contributed by atoms with Crippen LogP contribution >= 0.6 is 0 Å². The third-order valence-electron chi connectivity index (χ3n) is 8.58. The number of fused-ring (bicyclic) bond motifs is 5. The topological polar surface area (TPSA) is 80.7 Å². The largest absolute Gasteiger partial charge is 0.397 e. The summed E-state index contributed by atoms with van der Waals surface area (Å²) in [5.41, 5.74) is 0.130. The summed E-state index contributed by atoms with van der Waals surface area (Å²) < 4.78 is 36.0. The number of rotatable bonds is 2. The van der Waals surface area contributed by atoms with Crippen LogP contribution in [0.15, 0.2) is 0 Å². The van der Waals surface area contributed by atoms with Crippen molar-refractivity contribution in [3.05, 3.63) is 0 Å². The van der Waals surface area contributed by atoms with Gasteiger partial charge in [0, 0.05) is 11.8 Å². The van der Waals surface area contributed by atoms with Gasteiger partial charge in [0.15, 0.2) is 0 Å². The highest BCUT2D eigenvalue weighted by molar-refractivity contribution is 7.80. The second kappa shape index (κ2) is 5.77. The molecule has 4 aliphatic rings. The molecule has 25 heavy (non-hydrogen) atoms. The standard InChI is InChI=1S/C19H30O5S/c1-18-9-7-13(24-25(21,22)23)11-12(18)3-4-14-15-5-6-17(20)19(15,2)10-8-16(14)18/h12-16H,3-11H2,1-2H3,(H,21,22,23)/t12-,13+,14+,15-,16+,18-,19-/m0/s1. The minimum Gasteiger partial charge on any atom is -0.299 e. The quantitative estimate of drug-likeness (QED) is 0.748. The molecule has 0 radical (unpaired) electrons. The van der Waals surface area contributed by atoms with Gasteiger partial charge in [0.25, 0.3) is 0 Å². The van der Waals surface area contributed by atoms with Crippen molar-refractivity contribution in [2.45, 2.75) is 77.7 Å². The van der Waals surface area contributed by atoms with Crippen molar-refractivity contribution >= 4 is 16.2 Å². The van der Waals surface area contributed by atoms with Crippen LogP contribution in [0.3, 0.4) is 0 Å². The maximum atomic E-state index is 12.4. The third kappa shape index (κ3) is 2.79. The molecule has 4 fully saturated rings. The summed E-state index contributed by atoms with van der Waals surface area (Å²) in [5.74, 6) is 2.76. The molecule has 7 atom stereocenters. The Morgan fingerprint density at radius 3 is 2.52 bits per heavy atom. The molecule has 0 bridgehead atoms. The molecular weight excluding hydrogens is 340 g/mol. The van der Waals surface area contributed by atoms with Gasteiger partial charge < -0.3 is 0 Å². The summed E-state index contributed by atoms with van der Waals surface area (Å²) in [5, 5.41) is 0. The number of ketones is 1. The van der Waals surface area contributed by atoms with Gasteiger partial charge >= 0.3 is 10.4 Å². The summed E-state index contributed by atoms with van der Waals surface area (Å²) in [6, 6.07) is 0. The SMILES string of the molecule is C[C@]12CC[C@@H](OS(=O)(=O)O)C[C@@H]1CC[C@H]1[C@H]2CC[C@]2(C)C(=O)CC[C@@H]12. The van der Waals surface area contributed by atoms with E-state index in [0.29, 0.717) is 35.9 Å². The summed E-state index contributed by atoms with van der Waals surface area (Å²) in [6.07, 6.45) is 8.19. The van der Waals surface area contributed by atoms with Gasteiger partial charge in [-0.2, -0.15) is 8.42 Å². The predicted molar refractivity (Wildman–Crippen MR) is 93.2 cm³/mol. The van der Waals surface area contributed by atoms with Crippen molar-refractivity contribution in [1.82, 2.24) is 0 Å². The fourth-order valence-electron chi connectivity index (χ4n) is 7.25. The highest BCUT2D eigenvalue weighted by Crippen LogP contribution is 2.65. The summed E-state index contributed by atoms with van der Waals surface area (Å²) in [4.78, 5) is 12.4. The van der Waals surface area contributed by atoms with E-state index in [1.165, 1.54) is 0 Å². The van der Waals surface area contributed by atoms with Gasteiger partial charge in [0.05, 0.1) is 6.10 Å². The lowest BCUT2D eigenvalue weighted by Gasteiger charge is -2.60. The molecule has 0 aromatic rings. The van der Waals surface area contributed by atoms with Crippen molar-refractivity contribution in [2.75, 3.05) is 0 Å². The summed E-state index contributed by atoms with van der Waals surface area (Å²) >= 11 is 0. The van der Waals surface area contributed by atoms with Crippen LogP contribution in [0.25, 0.3) is 0 Å². The van der Waals surface area contributed by atoms with Gasteiger partial charge in [-0.1, -0.05) is 13.8 Å². The second-order valence-electron chi connectivity index (χ2n) is 9.50. The van der Waals surface area contributed by atoms with Crippen LogP contribution in [-0.2, 0) is 19.4 Å². The highest BCUT2D eigenvalue weighted by Gasteiger charge is 2.60. The Morgan fingerprint density at radius 2 is 1.80 bits per heavy atom. The first-order valence-electron chi connectivity index (χ1n) is 9.82. The first-order valence-corrected chi connectivity index (χ1v) is 11.2.